The molecule has 3 aromatic carbocycles. The molecule has 3 N–H and O–H groups in total. The van der Waals surface area contributed by atoms with Crippen molar-refractivity contribution in [2.24, 2.45) is 5.10 Å². The maximum Gasteiger partial charge on any atom is 0.276 e. The van der Waals surface area contributed by atoms with Crippen LogP contribution in [0.1, 0.15) is 17.4 Å². The number of hydrazone groups is 1. The summed E-state index contributed by atoms with van der Waals surface area (Å²) in [5.41, 5.74) is 3.20. The number of non-ortho nitro benzene ring substituents is 1. The van der Waals surface area contributed by atoms with Crippen LogP contribution in [-0.2, 0) is 0 Å². The van der Waals surface area contributed by atoms with Crippen molar-refractivity contribution in [1.29, 1.82) is 0 Å². The number of hydrogen-bond acceptors (Lipinski definition) is 7. The second-order valence-corrected chi connectivity index (χ2v) is 7.18. The minimum absolute atomic E-state index is 0.0662. The Morgan fingerprint density at radius 3 is 2.56 bits per heavy atom. The number of anilines is 1. The molecule has 0 radical (unpaired) electrons. The lowest BCUT2D eigenvalue weighted by molar-refractivity contribution is -0.384. The highest BCUT2D eigenvalue weighted by Gasteiger charge is 2.24. The quantitative estimate of drug-likeness (QED) is 0.231. The van der Waals surface area contributed by atoms with Crippen molar-refractivity contribution >= 4 is 39.7 Å². The summed E-state index contributed by atoms with van der Waals surface area (Å²) >= 11 is 6.24. The first-order valence-electron chi connectivity index (χ1n) is 9.44. The van der Waals surface area contributed by atoms with Gasteiger partial charge in [0.05, 0.1) is 21.6 Å². The first kappa shape index (κ1) is 21.2. The van der Waals surface area contributed by atoms with Gasteiger partial charge in [-0.05, 0) is 24.3 Å². The number of aromatic amines is 1. The molecule has 0 aliphatic rings. The van der Waals surface area contributed by atoms with Crippen molar-refractivity contribution in [1.82, 2.24) is 9.97 Å². The van der Waals surface area contributed by atoms with Gasteiger partial charge in [0.15, 0.2) is 5.69 Å². The number of nitro benzene ring substituents is 1. The molecule has 4 rings (SSSR count). The summed E-state index contributed by atoms with van der Waals surface area (Å²) in [6, 6.07) is 19.5. The topological polar surface area (TPSA) is 134 Å². The average molecular weight is 450 g/mol. The number of hydrogen-bond donors (Lipinski definition) is 3. The molecule has 0 unspecified atom stereocenters. The number of aromatic nitrogens is 2. The SMILES string of the molecule is O=c1[nH]c2cc([N+](=O)[O-])ccc2nc1/C(=N/Nc1ccccc1)[C@@H](O)c1ccccc1Cl. The number of nitro groups is 1. The van der Waals surface area contributed by atoms with Crippen LogP contribution in [0.5, 0.6) is 0 Å². The molecule has 1 atom stereocenters. The molecular formula is C22H16ClN5O4. The van der Waals surface area contributed by atoms with E-state index in [9.17, 15) is 20.0 Å². The van der Waals surface area contributed by atoms with Crippen LogP contribution >= 0.6 is 11.6 Å². The Hall–Kier alpha value is -4.08. The van der Waals surface area contributed by atoms with Crippen molar-refractivity contribution in [3.63, 3.8) is 0 Å². The Bertz CT molecular complexity index is 1390. The van der Waals surface area contributed by atoms with Crippen LogP contribution in [0.2, 0.25) is 5.02 Å². The van der Waals surface area contributed by atoms with E-state index in [0.717, 1.165) is 0 Å². The number of rotatable bonds is 6. The highest BCUT2D eigenvalue weighted by molar-refractivity contribution is 6.31. The van der Waals surface area contributed by atoms with Crippen molar-refractivity contribution in [2.45, 2.75) is 6.10 Å². The number of aliphatic hydroxyl groups excluding tert-OH is 1. The van der Waals surface area contributed by atoms with E-state index in [0.29, 0.717) is 21.8 Å². The normalized spacial score (nSPS) is 12.5. The van der Waals surface area contributed by atoms with Gasteiger partial charge in [-0.3, -0.25) is 20.3 Å². The van der Waals surface area contributed by atoms with Crippen LogP contribution in [0.3, 0.4) is 0 Å². The summed E-state index contributed by atoms with van der Waals surface area (Å²) in [7, 11) is 0. The van der Waals surface area contributed by atoms with Gasteiger partial charge in [-0.25, -0.2) is 4.98 Å². The van der Waals surface area contributed by atoms with Gasteiger partial charge in [-0.1, -0.05) is 48.0 Å². The highest BCUT2D eigenvalue weighted by atomic mass is 35.5. The zero-order valence-corrected chi connectivity index (χ0v) is 17.2. The molecule has 0 saturated carbocycles. The second kappa shape index (κ2) is 8.96. The molecule has 10 heteroatoms. The van der Waals surface area contributed by atoms with Gasteiger partial charge in [0.1, 0.15) is 11.8 Å². The van der Waals surface area contributed by atoms with E-state index in [1.807, 2.05) is 6.07 Å². The van der Waals surface area contributed by atoms with Crippen molar-refractivity contribution in [2.75, 3.05) is 5.43 Å². The minimum Gasteiger partial charge on any atom is -0.382 e. The summed E-state index contributed by atoms with van der Waals surface area (Å²) in [6.07, 6.45) is -1.37. The number of benzene rings is 3. The third-order valence-corrected chi connectivity index (χ3v) is 5.01. The van der Waals surface area contributed by atoms with E-state index >= 15 is 0 Å². The van der Waals surface area contributed by atoms with Crippen LogP contribution in [-0.4, -0.2) is 25.7 Å². The van der Waals surface area contributed by atoms with Gasteiger partial charge in [-0.15, -0.1) is 0 Å². The fraction of sp³-hybridized carbons (Fsp3) is 0.0455. The fourth-order valence-corrected chi connectivity index (χ4v) is 3.33. The van der Waals surface area contributed by atoms with E-state index in [2.05, 4.69) is 20.5 Å². The number of H-pyrrole nitrogens is 1. The number of aliphatic hydroxyl groups is 1. The van der Waals surface area contributed by atoms with Gasteiger partial charge in [0.25, 0.3) is 11.2 Å². The maximum absolute atomic E-state index is 12.8. The summed E-state index contributed by atoms with van der Waals surface area (Å²) in [5.74, 6) is 0. The molecule has 1 heterocycles. The summed E-state index contributed by atoms with van der Waals surface area (Å²) in [4.78, 5) is 30.2. The molecule has 0 spiro atoms. The molecular weight excluding hydrogens is 434 g/mol. The molecule has 32 heavy (non-hydrogen) atoms. The summed E-state index contributed by atoms with van der Waals surface area (Å²) in [6.45, 7) is 0. The Morgan fingerprint density at radius 1 is 1.12 bits per heavy atom. The lowest BCUT2D eigenvalue weighted by Crippen LogP contribution is -2.26. The lowest BCUT2D eigenvalue weighted by Gasteiger charge is -2.15. The molecule has 0 saturated heterocycles. The van der Waals surface area contributed by atoms with Crippen molar-refractivity contribution in [3.8, 4) is 0 Å². The Balaban J connectivity index is 1.85. The first-order chi connectivity index (χ1) is 15.4. The summed E-state index contributed by atoms with van der Waals surface area (Å²) in [5, 5.41) is 26.6. The third-order valence-electron chi connectivity index (χ3n) is 4.67. The molecule has 1 aromatic heterocycles. The number of fused-ring (bicyclic) bond motifs is 1. The van der Waals surface area contributed by atoms with Crippen LogP contribution in [0.4, 0.5) is 11.4 Å². The lowest BCUT2D eigenvalue weighted by atomic mass is 10.0. The minimum atomic E-state index is -1.37. The number of nitrogens with one attached hydrogen (secondary N) is 2. The van der Waals surface area contributed by atoms with Crippen LogP contribution in [0.25, 0.3) is 11.0 Å². The zero-order valence-electron chi connectivity index (χ0n) is 16.4. The predicted molar refractivity (Wildman–Crippen MR) is 122 cm³/mol. The average Bonchev–Trinajstić information content (AvgIpc) is 2.79. The van der Waals surface area contributed by atoms with E-state index in [4.69, 9.17) is 11.6 Å². The molecule has 9 nitrogen and oxygen atoms in total. The smallest absolute Gasteiger partial charge is 0.276 e. The van der Waals surface area contributed by atoms with Gasteiger partial charge in [0, 0.05) is 22.7 Å². The Kier molecular flexibility index (Phi) is 5.93. The monoisotopic (exact) mass is 449 g/mol. The van der Waals surface area contributed by atoms with Gasteiger partial charge >= 0.3 is 0 Å². The molecule has 4 aromatic rings. The molecule has 0 aliphatic heterocycles. The van der Waals surface area contributed by atoms with Crippen LogP contribution in [0, 0.1) is 10.1 Å². The Labute approximate surface area is 186 Å². The van der Waals surface area contributed by atoms with Gasteiger partial charge in [-0.2, -0.15) is 5.10 Å². The number of halogens is 1. The summed E-state index contributed by atoms with van der Waals surface area (Å²) < 4.78 is 0. The van der Waals surface area contributed by atoms with E-state index in [1.165, 1.54) is 18.2 Å². The predicted octanol–water partition coefficient (Wildman–Crippen LogP) is 4.03. The number of nitrogens with zero attached hydrogens (tertiary/aromatic N) is 3. The van der Waals surface area contributed by atoms with Crippen LogP contribution < -0.4 is 11.0 Å². The van der Waals surface area contributed by atoms with Gasteiger partial charge in [0.2, 0.25) is 0 Å². The largest absolute Gasteiger partial charge is 0.382 e. The van der Waals surface area contributed by atoms with E-state index in [-0.39, 0.29) is 22.6 Å². The van der Waals surface area contributed by atoms with Gasteiger partial charge < -0.3 is 10.1 Å². The van der Waals surface area contributed by atoms with Crippen molar-refractivity contribution in [3.05, 3.63) is 110 Å². The molecule has 0 aliphatic carbocycles. The van der Waals surface area contributed by atoms with Crippen molar-refractivity contribution < 1.29 is 10.0 Å². The van der Waals surface area contributed by atoms with E-state index < -0.39 is 16.6 Å². The second-order valence-electron chi connectivity index (χ2n) is 6.77. The molecule has 0 bridgehead atoms. The van der Waals surface area contributed by atoms with E-state index in [1.54, 1.807) is 48.5 Å². The fourth-order valence-electron chi connectivity index (χ4n) is 3.09. The standard InChI is InChI=1S/C22H16ClN5O4/c23-16-9-5-4-8-15(16)21(29)19(27-26-13-6-2-1-3-7-13)20-22(30)25-18-12-14(28(31)32)10-11-17(18)24-20/h1-12,21,26,29H,(H,25,30)/b27-19-/t21-/m0/s1. The third kappa shape index (κ3) is 4.34. The number of para-hydroxylation sites is 1. The molecule has 0 fully saturated rings. The van der Waals surface area contributed by atoms with Crippen LogP contribution in [0.15, 0.2) is 82.7 Å². The first-order valence-corrected chi connectivity index (χ1v) is 9.82. The maximum atomic E-state index is 12.8. The molecule has 160 valence electrons. The zero-order chi connectivity index (χ0) is 22.7. The highest BCUT2D eigenvalue weighted by Crippen LogP contribution is 2.26. The Morgan fingerprint density at radius 2 is 1.84 bits per heavy atom. The molecule has 0 amide bonds.